The molecule has 27 heavy (non-hydrogen) atoms. The summed E-state index contributed by atoms with van der Waals surface area (Å²) >= 11 is 0. The van der Waals surface area contributed by atoms with Gasteiger partial charge < -0.3 is 9.64 Å². The van der Waals surface area contributed by atoms with E-state index in [1.165, 1.54) is 18.2 Å². The van der Waals surface area contributed by atoms with E-state index < -0.39 is 21.9 Å². The van der Waals surface area contributed by atoms with Gasteiger partial charge in [0.15, 0.2) is 9.84 Å². The summed E-state index contributed by atoms with van der Waals surface area (Å²) in [5.74, 6) is -1.12. The van der Waals surface area contributed by atoms with Crippen molar-refractivity contribution in [1.29, 1.82) is 0 Å². The van der Waals surface area contributed by atoms with Crippen LogP contribution >= 0.6 is 0 Å². The minimum atomic E-state index is -3.61. The topological polar surface area (TPSA) is 80.7 Å². The Morgan fingerprint density at radius 3 is 2.19 bits per heavy atom. The third kappa shape index (κ3) is 4.36. The van der Waals surface area contributed by atoms with Crippen LogP contribution in [0.1, 0.15) is 34.9 Å². The SMILES string of the molecule is CS(=O)(=O)c1ccccc1C(=O)O[C@H](C(=O)N1CCCC1)c1ccccc1. The lowest BCUT2D eigenvalue weighted by atomic mass is 10.1. The smallest absolute Gasteiger partial charge is 0.340 e. The summed E-state index contributed by atoms with van der Waals surface area (Å²) in [6.45, 7) is 1.25. The summed E-state index contributed by atoms with van der Waals surface area (Å²) in [5, 5.41) is 0. The first-order chi connectivity index (χ1) is 12.9. The molecule has 0 aliphatic carbocycles. The number of ether oxygens (including phenoxy) is 1. The first kappa shape index (κ1) is 19.1. The van der Waals surface area contributed by atoms with Gasteiger partial charge >= 0.3 is 5.97 Å². The van der Waals surface area contributed by atoms with Gasteiger partial charge in [-0.15, -0.1) is 0 Å². The quantitative estimate of drug-likeness (QED) is 0.737. The molecule has 1 atom stereocenters. The molecule has 1 heterocycles. The molecule has 6 nitrogen and oxygen atoms in total. The van der Waals surface area contributed by atoms with Crippen molar-refractivity contribution < 1.29 is 22.7 Å². The Morgan fingerprint density at radius 2 is 1.56 bits per heavy atom. The third-order valence-electron chi connectivity index (χ3n) is 4.48. The molecule has 2 aromatic rings. The number of sulfone groups is 1. The van der Waals surface area contributed by atoms with Crippen molar-refractivity contribution in [3.8, 4) is 0 Å². The first-order valence-corrected chi connectivity index (χ1v) is 10.6. The maximum absolute atomic E-state index is 12.9. The second kappa shape index (κ2) is 7.92. The molecule has 7 heteroatoms. The number of benzene rings is 2. The molecule has 0 bridgehead atoms. The average Bonchev–Trinajstić information content (AvgIpc) is 3.20. The van der Waals surface area contributed by atoms with Gasteiger partial charge in [0.05, 0.1) is 10.5 Å². The van der Waals surface area contributed by atoms with E-state index in [2.05, 4.69) is 0 Å². The largest absolute Gasteiger partial charge is 0.444 e. The molecule has 1 aliphatic rings. The molecule has 1 saturated heterocycles. The van der Waals surface area contributed by atoms with Crippen molar-refractivity contribution in [1.82, 2.24) is 4.90 Å². The van der Waals surface area contributed by atoms with E-state index in [1.54, 1.807) is 35.2 Å². The maximum atomic E-state index is 12.9. The summed E-state index contributed by atoms with van der Waals surface area (Å²) in [5.41, 5.74) is 0.481. The fourth-order valence-electron chi connectivity index (χ4n) is 3.12. The van der Waals surface area contributed by atoms with Crippen LogP contribution < -0.4 is 0 Å². The van der Waals surface area contributed by atoms with Gasteiger partial charge in [0.1, 0.15) is 0 Å². The zero-order valence-electron chi connectivity index (χ0n) is 15.0. The van der Waals surface area contributed by atoms with Crippen LogP contribution in [0.4, 0.5) is 0 Å². The van der Waals surface area contributed by atoms with E-state index in [9.17, 15) is 18.0 Å². The van der Waals surface area contributed by atoms with Gasteiger partial charge in [0, 0.05) is 24.9 Å². The highest BCUT2D eigenvalue weighted by Crippen LogP contribution is 2.25. The Morgan fingerprint density at radius 1 is 0.963 bits per heavy atom. The Labute approximate surface area is 158 Å². The van der Waals surface area contributed by atoms with E-state index in [0.29, 0.717) is 18.7 Å². The Balaban J connectivity index is 1.93. The number of nitrogens with zero attached hydrogens (tertiary/aromatic N) is 1. The van der Waals surface area contributed by atoms with Gasteiger partial charge in [-0.1, -0.05) is 42.5 Å². The molecule has 2 aromatic carbocycles. The van der Waals surface area contributed by atoms with Crippen LogP contribution in [0.15, 0.2) is 59.5 Å². The second-order valence-corrected chi connectivity index (χ2v) is 8.48. The van der Waals surface area contributed by atoms with Crippen molar-refractivity contribution in [2.24, 2.45) is 0 Å². The van der Waals surface area contributed by atoms with Crippen molar-refractivity contribution in [3.63, 3.8) is 0 Å². The Bertz CT molecular complexity index is 934. The minimum absolute atomic E-state index is 0.0739. The molecular weight excluding hydrogens is 366 g/mol. The molecule has 0 radical (unpaired) electrons. The molecular formula is C20H21NO5S. The number of carbonyl (C=O) groups excluding carboxylic acids is 2. The summed E-state index contributed by atoms with van der Waals surface area (Å²) < 4.78 is 29.5. The lowest BCUT2D eigenvalue weighted by Crippen LogP contribution is -2.35. The zero-order chi connectivity index (χ0) is 19.4. The standard InChI is InChI=1S/C20H21NO5S/c1-27(24,25)17-12-6-5-11-16(17)20(23)26-18(15-9-3-2-4-10-15)19(22)21-13-7-8-14-21/h2-6,9-12,18H,7-8,13-14H2,1H3/t18-/m0/s1. The summed E-state index contributed by atoms with van der Waals surface area (Å²) in [6.07, 6.45) is 1.75. The molecule has 0 spiro atoms. The fraction of sp³-hybridized carbons (Fsp3) is 0.300. The zero-order valence-corrected chi connectivity index (χ0v) is 15.8. The number of rotatable bonds is 5. The predicted molar refractivity (Wildman–Crippen MR) is 100.0 cm³/mol. The van der Waals surface area contributed by atoms with Crippen LogP contribution in [0.25, 0.3) is 0 Å². The van der Waals surface area contributed by atoms with Gasteiger partial charge in [-0.3, -0.25) is 4.79 Å². The number of hydrogen-bond acceptors (Lipinski definition) is 5. The lowest BCUT2D eigenvalue weighted by Gasteiger charge is -2.23. The van der Waals surface area contributed by atoms with Gasteiger partial charge in [-0.25, -0.2) is 13.2 Å². The average molecular weight is 387 g/mol. The number of hydrogen-bond donors (Lipinski definition) is 0. The molecule has 3 rings (SSSR count). The molecule has 1 aliphatic heterocycles. The van der Waals surface area contributed by atoms with Crippen LogP contribution in [0.5, 0.6) is 0 Å². The Kier molecular flexibility index (Phi) is 5.60. The Hall–Kier alpha value is -2.67. The summed E-state index contributed by atoms with van der Waals surface area (Å²) in [4.78, 5) is 27.2. The van der Waals surface area contributed by atoms with Crippen molar-refractivity contribution in [2.75, 3.05) is 19.3 Å². The van der Waals surface area contributed by atoms with E-state index in [1.807, 2.05) is 6.07 Å². The van der Waals surface area contributed by atoms with Crippen LogP contribution in [0.3, 0.4) is 0 Å². The van der Waals surface area contributed by atoms with Crippen LogP contribution in [-0.4, -0.2) is 44.5 Å². The molecule has 0 N–H and O–H groups in total. The number of amides is 1. The highest BCUT2D eigenvalue weighted by molar-refractivity contribution is 7.90. The second-order valence-electron chi connectivity index (χ2n) is 6.50. The summed E-state index contributed by atoms with van der Waals surface area (Å²) in [7, 11) is -3.61. The van der Waals surface area contributed by atoms with Gasteiger partial charge in [0.2, 0.25) is 6.10 Å². The monoisotopic (exact) mass is 387 g/mol. The lowest BCUT2D eigenvalue weighted by molar-refractivity contribution is -0.140. The molecule has 1 fully saturated rings. The highest BCUT2D eigenvalue weighted by atomic mass is 32.2. The number of carbonyl (C=O) groups is 2. The van der Waals surface area contributed by atoms with Gasteiger partial charge in [-0.05, 0) is 25.0 Å². The number of likely N-dealkylation sites (tertiary alicyclic amines) is 1. The summed E-state index contributed by atoms with van der Waals surface area (Å²) in [6, 6.07) is 14.6. The van der Waals surface area contributed by atoms with Crippen molar-refractivity contribution in [3.05, 3.63) is 65.7 Å². The van der Waals surface area contributed by atoms with E-state index in [0.717, 1.165) is 19.1 Å². The van der Waals surface area contributed by atoms with E-state index >= 15 is 0 Å². The van der Waals surface area contributed by atoms with E-state index in [4.69, 9.17) is 4.74 Å². The van der Waals surface area contributed by atoms with Crippen molar-refractivity contribution >= 4 is 21.7 Å². The first-order valence-electron chi connectivity index (χ1n) is 8.72. The van der Waals surface area contributed by atoms with Crippen LogP contribution in [0.2, 0.25) is 0 Å². The van der Waals surface area contributed by atoms with Crippen LogP contribution in [0, 0.1) is 0 Å². The molecule has 1 amide bonds. The van der Waals surface area contributed by atoms with Crippen molar-refractivity contribution in [2.45, 2.75) is 23.8 Å². The molecule has 0 saturated carbocycles. The third-order valence-corrected chi connectivity index (χ3v) is 5.63. The minimum Gasteiger partial charge on any atom is -0.444 e. The van der Waals surface area contributed by atoms with Crippen LogP contribution in [-0.2, 0) is 19.4 Å². The molecule has 142 valence electrons. The molecule has 0 aromatic heterocycles. The fourth-order valence-corrected chi connectivity index (χ4v) is 4.00. The maximum Gasteiger partial charge on any atom is 0.340 e. The molecule has 0 unspecified atom stereocenters. The number of esters is 1. The predicted octanol–water partition coefficient (Wildman–Crippen LogP) is 2.61. The van der Waals surface area contributed by atoms with E-state index in [-0.39, 0.29) is 16.4 Å². The van der Waals surface area contributed by atoms with Gasteiger partial charge in [-0.2, -0.15) is 0 Å². The highest BCUT2D eigenvalue weighted by Gasteiger charge is 2.32. The van der Waals surface area contributed by atoms with Gasteiger partial charge in [0.25, 0.3) is 5.91 Å². The normalized spacial score (nSPS) is 15.4.